The van der Waals surface area contributed by atoms with Gasteiger partial charge in [0.1, 0.15) is 17.2 Å². The van der Waals surface area contributed by atoms with Gasteiger partial charge in [-0.2, -0.15) is 0 Å². The molecule has 0 fully saturated rings. The first kappa shape index (κ1) is 28.1. The van der Waals surface area contributed by atoms with Crippen LogP contribution in [0.25, 0.3) is 11.5 Å². The van der Waals surface area contributed by atoms with Crippen LogP contribution in [0.2, 0.25) is 0 Å². The molecule has 4 rings (SSSR count). The average molecular weight is 538 g/mol. The number of rotatable bonds is 13. The predicted octanol–water partition coefficient (Wildman–Crippen LogP) is 6.24. The van der Waals surface area contributed by atoms with Crippen molar-refractivity contribution < 1.29 is 27.9 Å². The van der Waals surface area contributed by atoms with E-state index >= 15 is 4.39 Å². The van der Waals surface area contributed by atoms with E-state index in [0.29, 0.717) is 36.5 Å². The number of fused-ring (bicyclic) bond motifs is 1. The van der Waals surface area contributed by atoms with Gasteiger partial charge in [-0.15, -0.1) is 0 Å². The van der Waals surface area contributed by atoms with E-state index in [1.54, 1.807) is 43.4 Å². The molecule has 208 valence electrons. The molecule has 2 aromatic heterocycles. The van der Waals surface area contributed by atoms with Crippen molar-refractivity contribution in [2.75, 3.05) is 19.5 Å². The number of benzene rings is 1. The molecular weight excluding hydrogens is 501 g/mol. The zero-order chi connectivity index (χ0) is 28.1. The lowest BCUT2D eigenvalue weighted by Crippen LogP contribution is -2.32. The summed E-state index contributed by atoms with van der Waals surface area (Å²) in [6.45, 7) is 6.32. The standard InChI is InChI=1S/C30H36FN3O5/c1-6-9-23(35)22(14-18(3)7-2)32-29-27(31)21-17-34(16-19-11-12-20(37-4)15-25(19)38-5)30(36)26(21)28(33-29)24-10-8-13-39-24/h8,10-13,15,18,22H,6-7,9,14,16-17H2,1-5H3,(H,32,33)/t18?,22-/m1/s1. The number of aromatic nitrogens is 1. The van der Waals surface area contributed by atoms with Crippen LogP contribution in [0.15, 0.2) is 41.0 Å². The quantitative estimate of drug-likeness (QED) is 0.276. The molecule has 1 aliphatic rings. The van der Waals surface area contributed by atoms with Crippen molar-refractivity contribution in [1.29, 1.82) is 0 Å². The van der Waals surface area contributed by atoms with E-state index in [1.165, 1.54) is 6.26 Å². The van der Waals surface area contributed by atoms with E-state index in [4.69, 9.17) is 13.9 Å². The van der Waals surface area contributed by atoms with E-state index < -0.39 is 11.9 Å². The highest BCUT2D eigenvalue weighted by Crippen LogP contribution is 2.38. The average Bonchev–Trinajstić information content (AvgIpc) is 3.59. The zero-order valence-corrected chi connectivity index (χ0v) is 23.2. The fourth-order valence-electron chi connectivity index (χ4n) is 4.84. The number of pyridine rings is 1. The fraction of sp³-hybridized carbons (Fsp3) is 0.433. The van der Waals surface area contributed by atoms with Crippen molar-refractivity contribution >= 4 is 17.5 Å². The van der Waals surface area contributed by atoms with Gasteiger partial charge in [-0.05, 0) is 43.0 Å². The van der Waals surface area contributed by atoms with Crippen molar-refractivity contribution in [3.05, 3.63) is 59.1 Å². The Morgan fingerprint density at radius 1 is 1.23 bits per heavy atom. The Balaban J connectivity index is 1.73. The number of ether oxygens (including phenoxy) is 2. The Bertz CT molecular complexity index is 1320. The molecule has 0 aliphatic carbocycles. The molecule has 3 aromatic rings. The highest BCUT2D eigenvalue weighted by molar-refractivity contribution is 6.03. The summed E-state index contributed by atoms with van der Waals surface area (Å²) in [6.07, 6.45) is 4.03. The Kier molecular flexibility index (Phi) is 8.89. The van der Waals surface area contributed by atoms with Crippen LogP contribution in [0, 0.1) is 11.7 Å². The summed E-state index contributed by atoms with van der Waals surface area (Å²) >= 11 is 0. The second-order valence-electron chi connectivity index (χ2n) is 9.96. The second kappa shape index (κ2) is 12.3. The molecule has 1 amide bonds. The Morgan fingerprint density at radius 2 is 2.03 bits per heavy atom. The number of carbonyl (C=O) groups excluding carboxylic acids is 2. The molecule has 1 aromatic carbocycles. The Hall–Kier alpha value is -3.88. The maximum absolute atomic E-state index is 16.1. The molecule has 39 heavy (non-hydrogen) atoms. The van der Waals surface area contributed by atoms with Crippen LogP contribution in [0.1, 0.15) is 67.9 Å². The van der Waals surface area contributed by atoms with Gasteiger partial charge < -0.3 is 24.1 Å². The largest absolute Gasteiger partial charge is 0.497 e. The molecular formula is C30H36FN3O5. The summed E-state index contributed by atoms with van der Waals surface area (Å²) < 4.78 is 32.4. The number of nitrogens with one attached hydrogen (secondary N) is 1. The smallest absolute Gasteiger partial charge is 0.257 e. The van der Waals surface area contributed by atoms with Crippen LogP contribution in [0.4, 0.5) is 10.2 Å². The first-order valence-electron chi connectivity index (χ1n) is 13.4. The minimum atomic E-state index is -0.628. The third kappa shape index (κ3) is 5.92. The summed E-state index contributed by atoms with van der Waals surface area (Å²) in [6, 6.07) is 8.14. The van der Waals surface area contributed by atoms with E-state index in [2.05, 4.69) is 24.1 Å². The summed E-state index contributed by atoms with van der Waals surface area (Å²) in [5, 5.41) is 3.10. The molecule has 1 N–H and O–H groups in total. The van der Waals surface area contributed by atoms with Crippen LogP contribution in [0.5, 0.6) is 11.5 Å². The van der Waals surface area contributed by atoms with Crippen molar-refractivity contribution in [2.45, 2.75) is 65.6 Å². The van der Waals surface area contributed by atoms with Gasteiger partial charge in [0.05, 0.1) is 38.6 Å². The van der Waals surface area contributed by atoms with Crippen LogP contribution in [-0.2, 0) is 17.9 Å². The highest BCUT2D eigenvalue weighted by atomic mass is 19.1. The first-order valence-corrected chi connectivity index (χ1v) is 13.4. The van der Waals surface area contributed by atoms with Crippen molar-refractivity contribution in [2.24, 2.45) is 5.92 Å². The summed E-state index contributed by atoms with van der Waals surface area (Å²) in [5.41, 5.74) is 1.39. The van der Waals surface area contributed by atoms with Gasteiger partial charge in [0.15, 0.2) is 23.2 Å². The molecule has 0 saturated carbocycles. The SMILES string of the molecule is CCCC(=O)[C@@H](CC(C)CC)Nc1nc(-c2ccco2)c2c(c1F)CN(Cc1ccc(OC)cc1OC)C2=O. The summed E-state index contributed by atoms with van der Waals surface area (Å²) in [4.78, 5) is 32.7. The Labute approximate surface area is 228 Å². The number of amides is 1. The fourth-order valence-corrected chi connectivity index (χ4v) is 4.84. The van der Waals surface area contributed by atoms with Gasteiger partial charge in [-0.25, -0.2) is 9.37 Å². The molecule has 3 heterocycles. The zero-order valence-electron chi connectivity index (χ0n) is 23.2. The van der Waals surface area contributed by atoms with Gasteiger partial charge in [-0.1, -0.05) is 27.2 Å². The number of halogens is 1. The third-order valence-electron chi connectivity index (χ3n) is 7.23. The Morgan fingerprint density at radius 3 is 2.67 bits per heavy atom. The summed E-state index contributed by atoms with van der Waals surface area (Å²) in [7, 11) is 3.11. The topological polar surface area (TPSA) is 93.9 Å². The molecule has 0 bridgehead atoms. The monoisotopic (exact) mass is 537 g/mol. The van der Waals surface area contributed by atoms with Gasteiger partial charge in [-0.3, -0.25) is 9.59 Å². The number of Topliss-reactive ketones (excluding diaryl/α,β-unsaturated/α-hetero) is 1. The van der Waals surface area contributed by atoms with Gasteiger partial charge in [0, 0.05) is 30.2 Å². The third-order valence-corrected chi connectivity index (χ3v) is 7.23. The number of hydrogen-bond donors (Lipinski definition) is 1. The summed E-state index contributed by atoms with van der Waals surface area (Å²) in [5.74, 6) is 0.793. The molecule has 1 unspecified atom stereocenters. The molecule has 9 heteroatoms. The van der Waals surface area contributed by atoms with Crippen molar-refractivity contribution in [1.82, 2.24) is 9.88 Å². The lowest BCUT2D eigenvalue weighted by atomic mass is 9.94. The molecule has 0 radical (unpaired) electrons. The number of ketones is 1. The molecule has 8 nitrogen and oxygen atoms in total. The number of nitrogens with zero attached hydrogens (tertiary/aromatic N) is 2. The number of methoxy groups -OCH3 is 2. The second-order valence-corrected chi connectivity index (χ2v) is 9.96. The van der Waals surface area contributed by atoms with Crippen molar-refractivity contribution in [3.63, 3.8) is 0 Å². The van der Waals surface area contributed by atoms with Crippen molar-refractivity contribution in [3.8, 4) is 23.0 Å². The maximum Gasteiger partial charge on any atom is 0.257 e. The first-order chi connectivity index (χ1) is 18.8. The lowest BCUT2D eigenvalue weighted by Gasteiger charge is -2.22. The molecule has 2 atom stereocenters. The molecule has 0 saturated heterocycles. The molecule has 0 spiro atoms. The van der Waals surface area contributed by atoms with E-state index in [-0.39, 0.29) is 53.3 Å². The maximum atomic E-state index is 16.1. The van der Waals surface area contributed by atoms with E-state index in [1.807, 2.05) is 13.0 Å². The number of hydrogen-bond acceptors (Lipinski definition) is 7. The van der Waals surface area contributed by atoms with E-state index in [0.717, 1.165) is 12.0 Å². The number of carbonyl (C=O) groups is 2. The predicted molar refractivity (Wildman–Crippen MR) is 146 cm³/mol. The van der Waals surface area contributed by atoms with Crippen LogP contribution in [0.3, 0.4) is 0 Å². The minimum Gasteiger partial charge on any atom is -0.497 e. The lowest BCUT2D eigenvalue weighted by molar-refractivity contribution is -0.120. The van der Waals surface area contributed by atoms with Crippen LogP contribution < -0.4 is 14.8 Å². The minimum absolute atomic E-state index is 0.0170. The van der Waals surface area contributed by atoms with Crippen LogP contribution >= 0.6 is 0 Å². The van der Waals surface area contributed by atoms with Gasteiger partial charge in [0.2, 0.25) is 0 Å². The van der Waals surface area contributed by atoms with E-state index in [9.17, 15) is 9.59 Å². The number of anilines is 1. The number of furan rings is 1. The molecule has 1 aliphatic heterocycles. The normalized spacial score (nSPS) is 14.2. The van der Waals surface area contributed by atoms with Gasteiger partial charge in [0.25, 0.3) is 5.91 Å². The van der Waals surface area contributed by atoms with Gasteiger partial charge >= 0.3 is 0 Å². The highest BCUT2D eigenvalue weighted by Gasteiger charge is 2.37. The van der Waals surface area contributed by atoms with Crippen LogP contribution in [-0.4, -0.2) is 41.8 Å².